The number of halogens is 1. The van der Waals surface area contributed by atoms with E-state index in [2.05, 4.69) is 21.5 Å². The SMILES string of the molecule is C=C(Cl)COCn1cnc2c(=O)[nH]c(N)nc21. The highest BCUT2D eigenvalue weighted by Gasteiger charge is 2.08. The molecule has 0 aliphatic rings. The molecular formula is C9H10ClN5O2. The van der Waals surface area contributed by atoms with Gasteiger partial charge in [0.05, 0.1) is 12.9 Å². The summed E-state index contributed by atoms with van der Waals surface area (Å²) in [6, 6.07) is 0. The minimum Gasteiger partial charge on any atom is -0.369 e. The second-order valence-corrected chi connectivity index (χ2v) is 3.87. The summed E-state index contributed by atoms with van der Waals surface area (Å²) in [6.45, 7) is 3.86. The maximum atomic E-state index is 11.5. The first-order valence-electron chi connectivity index (χ1n) is 4.69. The summed E-state index contributed by atoms with van der Waals surface area (Å²) in [5.41, 5.74) is 5.65. The summed E-state index contributed by atoms with van der Waals surface area (Å²) in [4.78, 5) is 21.7. The molecule has 90 valence electrons. The zero-order chi connectivity index (χ0) is 12.4. The first-order chi connectivity index (χ1) is 8.08. The zero-order valence-corrected chi connectivity index (χ0v) is 9.57. The number of nitrogens with two attached hydrogens (primary N) is 1. The second-order valence-electron chi connectivity index (χ2n) is 3.33. The van der Waals surface area contributed by atoms with Gasteiger partial charge in [0.25, 0.3) is 5.56 Å². The van der Waals surface area contributed by atoms with Gasteiger partial charge in [-0.15, -0.1) is 0 Å². The maximum absolute atomic E-state index is 11.5. The van der Waals surface area contributed by atoms with Crippen LogP contribution in [0.15, 0.2) is 22.7 Å². The first kappa shape index (κ1) is 11.6. The summed E-state index contributed by atoms with van der Waals surface area (Å²) in [7, 11) is 0. The van der Waals surface area contributed by atoms with Gasteiger partial charge in [-0.25, -0.2) is 4.98 Å². The molecule has 2 rings (SSSR count). The Morgan fingerprint density at radius 2 is 2.47 bits per heavy atom. The molecule has 0 saturated carbocycles. The van der Waals surface area contributed by atoms with Crippen molar-refractivity contribution in [1.82, 2.24) is 19.5 Å². The molecule has 0 aliphatic carbocycles. The van der Waals surface area contributed by atoms with Crippen molar-refractivity contribution in [2.75, 3.05) is 12.3 Å². The number of fused-ring (bicyclic) bond motifs is 1. The van der Waals surface area contributed by atoms with E-state index in [4.69, 9.17) is 22.1 Å². The van der Waals surface area contributed by atoms with E-state index in [9.17, 15) is 4.79 Å². The number of nitrogen functional groups attached to an aromatic ring is 1. The molecule has 2 aromatic heterocycles. The molecule has 8 heteroatoms. The summed E-state index contributed by atoms with van der Waals surface area (Å²) < 4.78 is 6.78. The van der Waals surface area contributed by atoms with Gasteiger partial charge in [0.2, 0.25) is 5.95 Å². The van der Waals surface area contributed by atoms with E-state index in [-0.39, 0.29) is 30.4 Å². The van der Waals surface area contributed by atoms with Crippen molar-refractivity contribution in [3.05, 3.63) is 28.3 Å². The maximum Gasteiger partial charge on any atom is 0.280 e. The third-order valence-corrected chi connectivity index (χ3v) is 2.09. The van der Waals surface area contributed by atoms with Crippen LogP contribution in [0.3, 0.4) is 0 Å². The van der Waals surface area contributed by atoms with Crippen molar-refractivity contribution < 1.29 is 4.74 Å². The lowest BCUT2D eigenvalue weighted by Crippen LogP contribution is -2.12. The number of rotatable bonds is 4. The summed E-state index contributed by atoms with van der Waals surface area (Å²) >= 11 is 5.55. The average molecular weight is 256 g/mol. The molecule has 0 unspecified atom stereocenters. The minimum atomic E-state index is -0.381. The third kappa shape index (κ3) is 2.45. The number of nitrogens with one attached hydrogen (secondary N) is 1. The van der Waals surface area contributed by atoms with E-state index >= 15 is 0 Å². The van der Waals surface area contributed by atoms with Crippen molar-refractivity contribution in [1.29, 1.82) is 0 Å². The Labute approximate surface area is 101 Å². The molecule has 0 aromatic carbocycles. The molecule has 0 atom stereocenters. The summed E-state index contributed by atoms with van der Waals surface area (Å²) in [5, 5.41) is 0.389. The molecular weight excluding hydrogens is 246 g/mol. The van der Waals surface area contributed by atoms with Crippen LogP contribution in [0.5, 0.6) is 0 Å². The fourth-order valence-corrected chi connectivity index (χ4v) is 1.40. The summed E-state index contributed by atoms with van der Waals surface area (Å²) in [5.74, 6) is 0.0333. The minimum absolute atomic E-state index is 0.0333. The van der Waals surface area contributed by atoms with E-state index in [1.54, 1.807) is 4.57 Å². The largest absolute Gasteiger partial charge is 0.369 e. The lowest BCUT2D eigenvalue weighted by molar-refractivity contribution is 0.101. The number of imidazole rings is 1. The molecule has 0 fully saturated rings. The predicted molar refractivity (Wildman–Crippen MR) is 63.5 cm³/mol. The van der Waals surface area contributed by atoms with Gasteiger partial charge in [-0.3, -0.25) is 14.3 Å². The van der Waals surface area contributed by atoms with E-state index in [0.29, 0.717) is 10.7 Å². The van der Waals surface area contributed by atoms with Gasteiger partial charge in [0.1, 0.15) is 6.73 Å². The van der Waals surface area contributed by atoms with Gasteiger partial charge in [-0.05, 0) is 0 Å². The third-order valence-electron chi connectivity index (χ3n) is 1.98. The number of H-pyrrole nitrogens is 1. The van der Waals surface area contributed by atoms with Gasteiger partial charge < -0.3 is 10.5 Å². The van der Waals surface area contributed by atoms with Crippen LogP contribution in [0.2, 0.25) is 0 Å². The fraction of sp³-hybridized carbons (Fsp3) is 0.222. The highest BCUT2D eigenvalue weighted by atomic mass is 35.5. The highest BCUT2D eigenvalue weighted by molar-refractivity contribution is 6.29. The number of hydrogen-bond donors (Lipinski definition) is 2. The Morgan fingerprint density at radius 1 is 1.71 bits per heavy atom. The van der Waals surface area contributed by atoms with Crippen molar-refractivity contribution in [3.63, 3.8) is 0 Å². The van der Waals surface area contributed by atoms with Crippen molar-refractivity contribution >= 4 is 28.7 Å². The number of anilines is 1. The zero-order valence-electron chi connectivity index (χ0n) is 8.81. The highest BCUT2D eigenvalue weighted by Crippen LogP contribution is 2.07. The Bertz CT molecular complexity index is 617. The Kier molecular flexibility index (Phi) is 3.12. The van der Waals surface area contributed by atoms with Gasteiger partial charge in [-0.1, -0.05) is 18.2 Å². The molecule has 3 N–H and O–H groups in total. The van der Waals surface area contributed by atoms with Crippen LogP contribution < -0.4 is 11.3 Å². The molecule has 7 nitrogen and oxygen atoms in total. The number of hydrogen-bond acceptors (Lipinski definition) is 5. The number of ether oxygens (including phenoxy) is 1. The Hall–Kier alpha value is -1.86. The molecule has 0 spiro atoms. The van der Waals surface area contributed by atoms with Crippen LogP contribution in [-0.2, 0) is 11.5 Å². The smallest absolute Gasteiger partial charge is 0.280 e. The van der Waals surface area contributed by atoms with Gasteiger partial charge >= 0.3 is 0 Å². The molecule has 17 heavy (non-hydrogen) atoms. The first-order valence-corrected chi connectivity index (χ1v) is 5.07. The number of aromatic amines is 1. The van der Waals surface area contributed by atoms with Crippen LogP contribution in [0.25, 0.3) is 11.2 Å². The van der Waals surface area contributed by atoms with Crippen LogP contribution >= 0.6 is 11.6 Å². The van der Waals surface area contributed by atoms with Gasteiger partial charge in [-0.2, -0.15) is 4.98 Å². The molecule has 2 aromatic rings. The molecule has 0 radical (unpaired) electrons. The van der Waals surface area contributed by atoms with Crippen LogP contribution in [0.4, 0.5) is 5.95 Å². The van der Waals surface area contributed by atoms with E-state index < -0.39 is 0 Å². The average Bonchev–Trinajstić information content (AvgIpc) is 2.61. The van der Waals surface area contributed by atoms with E-state index in [1.807, 2.05) is 0 Å². The normalized spacial score (nSPS) is 10.9. The van der Waals surface area contributed by atoms with Crippen molar-refractivity contribution in [3.8, 4) is 0 Å². The molecule has 0 saturated heterocycles. The van der Waals surface area contributed by atoms with Gasteiger partial charge in [0.15, 0.2) is 11.2 Å². The Morgan fingerprint density at radius 3 is 3.18 bits per heavy atom. The van der Waals surface area contributed by atoms with E-state index in [1.165, 1.54) is 6.33 Å². The number of nitrogens with zero attached hydrogens (tertiary/aromatic N) is 3. The van der Waals surface area contributed by atoms with E-state index in [0.717, 1.165) is 0 Å². The Balaban J connectivity index is 2.29. The second kappa shape index (κ2) is 4.56. The quantitative estimate of drug-likeness (QED) is 0.825. The lowest BCUT2D eigenvalue weighted by Gasteiger charge is -2.04. The molecule has 0 bridgehead atoms. The topological polar surface area (TPSA) is 98.8 Å². The predicted octanol–water partition coefficient (Wildman–Crippen LogP) is 0.428. The monoisotopic (exact) mass is 255 g/mol. The number of aromatic nitrogens is 4. The standard InChI is InChI=1S/C9H10ClN5O2/c1-5(10)2-17-4-15-3-12-6-7(15)13-9(11)14-8(6)16/h3H,1-2,4H2,(H3,11,13,14,16). The van der Waals surface area contributed by atoms with Crippen LogP contribution in [-0.4, -0.2) is 26.1 Å². The van der Waals surface area contributed by atoms with Crippen molar-refractivity contribution in [2.24, 2.45) is 0 Å². The van der Waals surface area contributed by atoms with Crippen molar-refractivity contribution in [2.45, 2.75) is 6.73 Å². The van der Waals surface area contributed by atoms with Crippen LogP contribution in [0.1, 0.15) is 0 Å². The van der Waals surface area contributed by atoms with Crippen LogP contribution in [0, 0.1) is 0 Å². The van der Waals surface area contributed by atoms with Gasteiger partial charge in [0, 0.05) is 5.03 Å². The molecule has 0 amide bonds. The molecule has 0 aliphatic heterocycles. The fourth-order valence-electron chi connectivity index (χ4n) is 1.32. The molecule has 2 heterocycles. The summed E-state index contributed by atoms with van der Waals surface area (Å²) in [6.07, 6.45) is 1.45. The lowest BCUT2D eigenvalue weighted by atomic mass is 10.5.